The smallest absolute Gasteiger partial charge is 0.258 e. The van der Waals surface area contributed by atoms with Crippen LogP contribution in [0, 0.1) is 13.8 Å². The first-order valence-corrected chi connectivity index (χ1v) is 8.52. The minimum atomic E-state index is -0.0262. The van der Waals surface area contributed by atoms with Crippen LogP contribution in [-0.2, 0) is 6.54 Å². The number of thiophene rings is 1. The van der Waals surface area contributed by atoms with Crippen LogP contribution < -0.4 is 5.56 Å². The van der Waals surface area contributed by atoms with Gasteiger partial charge in [-0.25, -0.2) is 4.98 Å². The molecule has 120 valence electrons. The van der Waals surface area contributed by atoms with Crippen LogP contribution in [0.5, 0.6) is 0 Å². The highest BCUT2D eigenvalue weighted by atomic mass is 32.1. The minimum Gasteiger partial charge on any atom is -0.293 e. The fourth-order valence-corrected chi connectivity index (χ4v) is 3.67. The van der Waals surface area contributed by atoms with Gasteiger partial charge in [-0.2, -0.15) is 0 Å². The zero-order valence-corrected chi connectivity index (χ0v) is 14.7. The van der Waals surface area contributed by atoms with Crippen LogP contribution in [0.1, 0.15) is 34.0 Å². The summed E-state index contributed by atoms with van der Waals surface area (Å²) in [5.41, 5.74) is 2.53. The highest BCUT2D eigenvalue weighted by molar-refractivity contribution is 7.12. The molecule has 3 rings (SSSR count). The molecule has 3 aromatic heterocycles. The highest BCUT2D eigenvalue weighted by Gasteiger charge is 2.15. The molecule has 5 heteroatoms. The fraction of sp³-hybridized carbons (Fsp3) is 0.333. The second kappa shape index (κ2) is 6.26. The lowest BCUT2D eigenvalue weighted by Gasteiger charge is -2.23. The van der Waals surface area contributed by atoms with E-state index in [0.717, 1.165) is 16.9 Å². The van der Waals surface area contributed by atoms with Crippen LogP contribution in [-0.4, -0.2) is 21.3 Å². The number of hydrogen-bond acceptors (Lipinski definition) is 4. The number of fused-ring (bicyclic) bond motifs is 1. The van der Waals surface area contributed by atoms with Gasteiger partial charge in [0.1, 0.15) is 5.65 Å². The molecule has 0 aliphatic heterocycles. The molecule has 4 nitrogen and oxygen atoms in total. The molecule has 3 heterocycles. The Morgan fingerprint density at radius 2 is 2.09 bits per heavy atom. The van der Waals surface area contributed by atoms with Crippen molar-refractivity contribution in [1.82, 2.24) is 14.3 Å². The summed E-state index contributed by atoms with van der Waals surface area (Å²) >= 11 is 1.81. The fourth-order valence-electron chi connectivity index (χ4n) is 2.68. The Morgan fingerprint density at radius 1 is 1.30 bits per heavy atom. The van der Waals surface area contributed by atoms with Gasteiger partial charge in [0.05, 0.1) is 5.69 Å². The lowest BCUT2D eigenvalue weighted by Crippen LogP contribution is -2.24. The van der Waals surface area contributed by atoms with Crippen LogP contribution in [0.4, 0.5) is 0 Å². The first-order valence-electron chi connectivity index (χ1n) is 7.70. The lowest BCUT2D eigenvalue weighted by molar-refractivity contribution is 0.253. The molecule has 0 aliphatic carbocycles. The molecule has 3 aromatic rings. The van der Waals surface area contributed by atoms with Crippen molar-refractivity contribution in [1.29, 1.82) is 0 Å². The maximum Gasteiger partial charge on any atom is 0.258 e. The third-order valence-corrected chi connectivity index (χ3v) is 5.36. The van der Waals surface area contributed by atoms with E-state index >= 15 is 0 Å². The molecule has 0 spiro atoms. The summed E-state index contributed by atoms with van der Waals surface area (Å²) in [6.45, 7) is 6.93. The molecule has 0 bridgehead atoms. The van der Waals surface area contributed by atoms with Crippen LogP contribution in [0.15, 0.2) is 41.3 Å². The number of nitrogens with zero attached hydrogens (tertiary/aromatic N) is 3. The van der Waals surface area contributed by atoms with E-state index in [2.05, 4.69) is 42.9 Å². The van der Waals surface area contributed by atoms with E-state index in [9.17, 15) is 4.79 Å². The quantitative estimate of drug-likeness (QED) is 0.735. The summed E-state index contributed by atoms with van der Waals surface area (Å²) in [5.74, 6) is 0. The van der Waals surface area contributed by atoms with Gasteiger partial charge in [0.15, 0.2) is 0 Å². The maximum absolute atomic E-state index is 12.3. The minimum absolute atomic E-state index is 0.0262. The number of hydrogen-bond donors (Lipinski definition) is 0. The number of pyridine rings is 1. The first kappa shape index (κ1) is 15.9. The molecule has 0 fully saturated rings. The Kier molecular flexibility index (Phi) is 4.33. The zero-order chi connectivity index (χ0) is 16.6. The summed E-state index contributed by atoms with van der Waals surface area (Å²) in [7, 11) is 2.07. The summed E-state index contributed by atoms with van der Waals surface area (Å²) in [6.07, 6.45) is 1.77. The number of rotatable bonds is 4. The summed E-state index contributed by atoms with van der Waals surface area (Å²) in [5, 5.41) is 0. The van der Waals surface area contributed by atoms with Crippen molar-refractivity contribution in [3.63, 3.8) is 0 Å². The third kappa shape index (κ3) is 3.21. The van der Waals surface area contributed by atoms with Gasteiger partial charge in [-0.1, -0.05) is 6.07 Å². The van der Waals surface area contributed by atoms with Crippen molar-refractivity contribution in [2.24, 2.45) is 0 Å². The zero-order valence-electron chi connectivity index (χ0n) is 13.9. The predicted molar refractivity (Wildman–Crippen MR) is 95.1 cm³/mol. The van der Waals surface area contributed by atoms with Gasteiger partial charge in [0.25, 0.3) is 5.56 Å². The van der Waals surface area contributed by atoms with E-state index in [1.165, 1.54) is 9.75 Å². The highest BCUT2D eigenvalue weighted by Crippen LogP contribution is 2.27. The molecule has 1 atom stereocenters. The van der Waals surface area contributed by atoms with Crippen molar-refractivity contribution >= 4 is 17.0 Å². The molecule has 0 amide bonds. The normalized spacial score (nSPS) is 12.9. The molecule has 0 saturated heterocycles. The van der Waals surface area contributed by atoms with Crippen molar-refractivity contribution in [3.8, 4) is 0 Å². The first-order chi connectivity index (χ1) is 11.0. The van der Waals surface area contributed by atoms with E-state index in [4.69, 9.17) is 0 Å². The van der Waals surface area contributed by atoms with Crippen molar-refractivity contribution in [2.45, 2.75) is 33.4 Å². The van der Waals surface area contributed by atoms with Crippen molar-refractivity contribution in [2.75, 3.05) is 7.05 Å². The largest absolute Gasteiger partial charge is 0.293 e. The van der Waals surface area contributed by atoms with E-state index in [0.29, 0.717) is 12.6 Å². The Labute approximate surface area is 140 Å². The van der Waals surface area contributed by atoms with E-state index in [1.54, 1.807) is 16.7 Å². The Hall–Kier alpha value is -1.98. The van der Waals surface area contributed by atoms with Gasteiger partial charge in [0, 0.05) is 34.6 Å². The summed E-state index contributed by atoms with van der Waals surface area (Å²) in [6, 6.07) is 10.1. The molecule has 0 aromatic carbocycles. The van der Waals surface area contributed by atoms with Gasteiger partial charge >= 0.3 is 0 Å². The van der Waals surface area contributed by atoms with Crippen LogP contribution in [0.2, 0.25) is 0 Å². The Bertz CT molecular complexity index is 897. The topological polar surface area (TPSA) is 37.6 Å². The van der Waals surface area contributed by atoms with Gasteiger partial charge in [-0.15, -0.1) is 11.3 Å². The standard InChI is InChI=1S/C18H21N3OS/c1-12-6-5-9-21-17(22)10-15(19-18(12)21)11-20(4)14(3)16-8-7-13(2)23-16/h5-10,14H,11H2,1-4H3/t14-/m1/s1. The molecule has 0 N–H and O–H groups in total. The van der Waals surface area contributed by atoms with Crippen LogP contribution in [0.3, 0.4) is 0 Å². The summed E-state index contributed by atoms with van der Waals surface area (Å²) < 4.78 is 1.60. The number of aromatic nitrogens is 2. The van der Waals surface area contributed by atoms with Crippen LogP contribution >= 0.6 is 11.3 Å². The Morgan fingerprint density at radius 3 is 2.78 bits per heavy atom. The van der Waals surface area contributed by atoms with Gasteiger partial charge in [-0.05, 0) is 51.6 Å². The summed E-state index contributed by atoms with van der Waals surface area (Å²) in [4.78, 5) is 21.8. The molecule has 0 unspecified atom stereocenters. The molecular weight excluding hydrogens is 306 g/mol. The maximum atomic E-state index is 12.3. The van der Waals surface area contributed by atoms with Crippen molar-refractivity contribution in [3.05, 3.63) is 67.9 Å². The van der Waals surface area contributed by atoms with Gasteiger partial charge in [-0.3, -0.25) is 14.1 Å². The number of aryl methyl sites for hydroxylation is 2. The van der Waals surface area contributed by atoms with Gasteiger partial charge < -0.3 is 0 Å². The second-order valence-corrected chi connectivity index (χ2v) is 7.33. The lowest BCUT2D eigenvalue weighted by atomic mass is 10.2. The molecule has 0 saturated carbocycles. The molecule has 0 aliphatic rings. The van der Waals surface area contributed by atoms with Crippen molar-refractivity contribution < 1.29 is 0 Å². The van der Waals surface area contributed by atoms with E-state index in [-0.39, 0.29) is 5.56 Å². The van der Waals surface area contributed by atoms with Crippen LogP contribution in [0.25, 0.3) is 5.65 Å². The van der Waals surface area contributed by atoms with Gasteiger partial charge in [0.2, 0.25) is 0 Å². The molecule has 23 heavy (non-hydrogen) atoms. The predicted octanol–water partition coefficient (Wildman–Crippen LogP) is 3.57. The third-order valence-electron chi connectivity index (χ3n) is 4.18. The SMILES string of the molecule is Cc1ccc([C@@H](C)N(C)Cc2cc(=O)n3cccc(C)c3n2)s1. The molecular formula is C18H21N3OS. The second-order valence-electron chi connectivity index (χ2n) is 6.01. The Balaban J connectivity index is 1.89. The average molecular weight is 327 g/mol. The monoisotopic (exact) mass is 327 g/mol. The van der Waals surface area contributed by atoms with E-state index < -0.39 is 0 Å². The molecule has 0 radical (unpaired) electrons. The average Bonchev–Trinajstić information content (AvgIpc) is 2.94. The van der Waals surface area contributed by atoms with E-state index in [1.807, 2.05) is 30.4 Å².